The predicted octanol–water partition coefficient (Wildman–Crippen LogP) is 1.24. The summed E-state index contributed by atoms with van der Waals surface area (Å²) in [7, 11) is 0. The van der Waals surface area contributed by atoms with Crippen molar-refractivity contribution in [2.45, 2.75) is 46.7 Å². The highest BCUT2D eigenvalue weighted by molar-refractivity contribution is 5.75. The molecule has 0 aliphatic heterocycles. The molecule has 0 bridgehead atoms. The van der Waals surface area contributed by atoms with E-state index < -0.39 is 6.04 Å². The van der Waals surface area contributed by atoms with Gasteiger partial charge in [-0.15, -0.1) is 0 Å². The van der Waals surface area contributed by atoms with E-state index in [9.17, 15) is 4.79 Å². The molecule has 4 nitrogen and oxygen atoms in total. The monoisotopic (exact) mass is 230 g/mol. The molecule has 0 saturated carbocycles. The van der Waals surface area contributed by atoms with Gasteiger partial charge in [-0.2, -0.15) is 0 Å². The van der Waals surface area contributed by atoms with Crippen LogP contribution in [-0.4, -0.2) is 42.6 Å². The molecule has 0 amide bonds. The fraction of sp³-hybridized carbons (Fsp3) is 0.917. The molecule has 0 aromatic rings. The van der Waals surface area contributed by atoms with E-state index in [4.69, 9.17) is 10.5 Å². The summed E-state index contributed by atoms with van der Waals surface area (Å²) < 4.78 is 4.90. The van der Waals surface area contributed by atoms with Crippen LogP contribution in [0.2, 0.25) is 0 Å². The van der Waals surface area contributed by atoms with E-state index in [-0.39, 0.29) is 5.97 Å². The molecule has 0 heterocycles. The summed E-state index contributed by atoms with van der Waals surface area (Å²) in [5.41, 5.74) is 5.80. The van der Waals surface area contributed by atoms with E-state index in [2.05, 4.69) is 32.6 Å². The zero-order chi connectivity index (χ0) is 12.7. The molecular formula is C12H26N2O2. The smallest absolute Gasteiger partial charge is 0.324 e. The molecule has 0 aliphatic carbocycles. The van der Waals surface area contributed by atoms with Gasteiger partial charge < -0.3 is 10.5 Å². The number of nitrogens with zero attached hydrogens (tertiary/aromatic N) is 1. The molecule has 4 heteroatoms. The van der Waals surface area contributed by atoms with Gasteiger partial charge in [0.2, 0.25) is 0 Å². The third-order valence-corrected chi connectivity index (χ3v) is 2.35. The average Bonchev–Trinajstić information content (AvgIpc) is 2.16. The van der Waals surface area contributed by atoms with Crippen molar-refractivity contribution >= 4 is 5.97 Å². The van der Waals surface area contributed by atoms with Gasteiger partial charge in [0.15, 0.2) is 0 Å². The minimum absolute atomic E-state index is 0.308. The van der Waals surface area contributed by atoms with Crippen molar-refractivity contribution < 1.29 is 9.53 Å². The first-order valence-electron chi connectivity index (χ1n) is 6.04. The maximum atomic E-state index is 11.4. The highest BCUT2D eigenvalue weighted by Crippen LogP contribution is 2.05. The molecule has 0 aromatic heterocycles. The van der Waals surface area contributed by atoms with E-state index in [0.29, 0.717) is 25.1 Å². The van der Waals surface area contributed by atoms with Crippen LogP contribution in [0, 0.1) is 5.92 Å². The lowest BCUT2D eigenvalue weighted by atomic mass is 10.1. The van der Waals surface area contributed by atoms with E-state index >= 15 is 0 Å². The fourth-order valence-corrected chi connectivity index (χ4v) is 1.54. The molecule has 0 aromatic carbocycles. The van der Waals surface area contributed by atoms with E-state index in [1.165, 1.54) is 0 Å². The highest BCUT2D eigenvalue weighted by atomic mass is 16.5. The average molecular weight is 230 g/mol. The molecule has 96 valence electrons. The van der Waals surface area contributed by atoms with Crippen molar-refractivity contribution in [2.24, 2.45) is 11.7 Å². The van der Waals surface area contributed by atoms with Gasteiger partial charge in [-0.1, -0.05) is 13.8 Å². The van der Waals surface area contributed by atoms with E-state index in [1.54, 1.807) is 6.92 Å². The van der Waals surface area contributed by atoms with Crippen LogP contribution in [0.5, 0.6) is 0 Å². The van der Waals surface area contributed by atoms with Crippen LogP contribution in [0.3, 0.4) is 0 Å². The number of hydrogen-bond donors (Lipinski definition) is 1. The summed E-state index contributed by atoms with van der Waals surface area (Å²) >= 11 is 0. The first kappa shape index (κ1) is 15.4. The second-order valence-electron chi connectivity index (χ2n) is 4.80. The first-order chi connectivity index (χ1) is 7.38. The van der Waals surface area contributed by atoms with Crippen LogP contribution in [0.4, 0.5) is 0 Å². The number of carbonyl (C=O) groups excluding carboxylic acids is 1. The Balaban J connectivity index is 4.22. The van der Waals surface area contributed by atoms with Crippen molar-refractivity contribution in [2.75, 3.05) is 19.7 Å². The molecule has 2 N–H and O–H groups in total. The minimum atomic E-state index is -0.541. The molecule has 0 fully saturated rings. The largest absolute Gasteiger partial charge is 0.465 e. The summed E-state index contributed by atoms with van der Waals surface area (Å²) in [4.78, 5) is 13.6. The van der Waals surface area contributed by atoms with Gasteiger partial charge in [-0.25, -0.2) is 0 Å². The standard InChI is InChI=1S/C12H26N2O2/c1-6-16-12(15)11(13)8-14(10(4)5)7-9(2)3/h9-11H,6-8,13H2,1-5H3. The maximum absolute atomic E-state index is 11.4. The summed E-state index contributed by atoms with van der Waals surface area (Å²) in [5.74, 6) is 0.258. The summed E-state index contributed by atoms with van der Waals surface area (Å²) in [5, 5.41) is 0. The molecule has 0 spiro atoms. The molecule has 16 heavy (non-hydrogen) atoms. The number of rotatable bonds is 7. The zero-order valence-electron chi connectivity index (χ0n) is 11.2. The molecular weight excluding hydrogens is 204 g/mol. The van der Waals surface area contributed by atoms with Crippen molar-refractivity contribution in [1.29, 1.82) is 0 Å². The van der Waals surface area contributed by atoms with Gasteiger partial charge in [0, 0.05) is 19.1 Å². The molecule has 1 atom stereocenters. The molecule has 0 saturated heterocycles. The van der Waals surface area contributed by atoms with Crippen LogP contribution >= 0.6 is 0 Å². The Labute approximate surface area is 99.1 Å². The van der Waals surface area contributed by atoms with E-state index in [0.717, 1.165) is 6.54 Å². The lowest BCUT2D eigenvalue weighted by molar-refractivity contribution is -0.145. The zero-order valence-corrected chi connectivity index (χ0v) is 11.2. The third-order valence-electron chi connectivity index (χ3n) is 2.35. The Bertz CT molecular complexity index is 205. The minimum Gasteiger partial charge on any atom is -0.465 e. The van der Waals surface area contributed by atoms with Gasteiger partial charge in [-0.3, -0.25) is 9.69 Å². The Kier molecular flexibility index (Phi) is 7.34. The molecule has 0 radical (unpaired) electrons. The topological polar surface area (TPSA) is 55.6 Å². The van der Waals surface area contributed by atoms with Crippen LogP contribution < -0.4 is 5.73 Å². The van der Waals surface area contributed by atoms with Gasteiger partial charge >= 0.3 is 5.97 Å². The van der Waals surface area contributed by atoms with Gasteiger partial charge in [-0.05, 0) is 26.7 Å². The second kappa shape index (κ2) is 7.63. The Hall–Kier alpha value is -0.610. The highest BCUT2D eigenvalue weighted by Gasteiger charge is 2.20. The van der Waals surface area contributed by atoms with Gasteiger partial charge in [0.25, 0.3) is 0 Å². The Morgan fingerprint density at radius 1 is 1.25 bits per heavy atom. The van der Waals surface area contributed by atoms with Crippen LogP contribution in [-0.2, 0) is 9.53 Å². The summed E-state index contributed by atoms with van der Waals surface area (Å²) in [6, 6.07) is -0.149. The third kappa shape index (κ3) is 6.08. The summed E-state index contributed by atoms with van der Waals surface area (Å²) in [6.07, 6.45) is 0. The number of ether oxygens (including phenoxy) is 1. The number of esters is 1. The van der Waals surface area contributed by atoms with Crippen LogP contribution in [0.1, 0.15) is 34.6 Å². The van der Waals surface area contributed by atoms with Crippen LogP contribution in [0.15, 0.2) is 0 Å². The first-order valence-corrected chi connectivity index (χ1v) is 6.04. The van der Waals surface area contributed by atoms with Crippen molar-refractivity contribution in [3.05, 3.63) is 0 Å². The van der Waals surface area contributed by atoms with Gasteiger partial charge in [0.05, 0.1) is 6.61 Å². The number of hydrogen-bond acceptors (Lipinski definition) is 4. The number of carbonyl (C=O) groups is 1. The number of nitrogens with two attached hydrogens (primary N) is 1. The van der Waals surface area contributed by atoms with Crippen molar-refractivity contribution in [1.82, 2.24) is 4.90 Å². The maximum Gasteiger partial charge on any atom is 0.324 e. The lowest BCUT2D eigenvalue weighted by Crippen LogP contribution is -2.47. The van der Waals surface area contributed by atoms with Crippen molar-refractivity contribution in [3.63, 3.8) is 0 Å². The Morgan fingerprint density at radius 3 is 2.19 bits per heavy atom. The summed E-state index contributed by atoms with van der Waals surface area (Å²) in [6.45, 7) is 12.2. The molecule has 0 aliphatic rings. The van der Waals surface area contributed by atoms with Crippen LogP contribution in [0.25, 0.3) is 0 Å². The fourth-order valence-electron chi connectivity index (χ4n) is 1.54. The predicted molar refractivity (Wildman–Crippen MR) is 66.2 cm³/mol. The van der Waals surface area contributed by atoms with E-state index in [1.807, 2.05) is 0 Å². The molecule has 1 unspecified atom stereocenters. The van der Waals surface area contributed by atoms with Gasteiger partial charge in [0.1, 0.15) is 6.04 Å². The normalized spacial score (nSPS) is 13.6. The van der Waals surface area contributed by atoms with Crippen molar-refractivity contribution in [3.8, 4) is 0 Å². The molecule has 0 rings (SSSR count). The quantitative estimate of drug-likeness (QED) is 0.669. The Morgan fingerprint density at radius 2 is 1.81 bits per heavy atom. The lowest BCUT2D eigenvalue weighted by Gasteiger charge is -2.29. The SMILES string of the molecule is CCOC(=O)C(N)CN(CC(C)C)C(C)C. The second-order valence-corrected chi connectivity index (χ2v) is 4.80.